The van der Waals surface area contributed by atoms with Gasteiger partial charge in [0.1, 0.15) is 0 Å². The standard InChI is InChI=1S/C12H14BrClN2/c13-9-5-11(12(14)15-6-9)16-10-4-7-1-2-8(10)3-7/h5-8,10,16H,1-4H2. The van der Waals surface area contributed by atoms with E-state index in [1.54, 1.807) is 6.20 Å². The molecule has 86 valence electrons. The lowest BCUT2D eigenvalue weighted by molar-refractivity contribution is 0.439. The minimum absolute atomic E-state index is 0.575. The number of hydrogen-bond donors (Lipinski definition) is 1. The van der Waals surface area contributed by atoms with E-state index in [1.165, 1.54) is 25.7 Å². The zero-order valence-corrected chi connectivity index (χ0v) is 11.3. The second-order valence-electron chi connectivity index (χ2n) is 4.92. The Labute approximate surface area is 109 Å². The van der Waals surface area contributed by atoms with E-state index in [0.717, 1.165) is 22.0 Å². The Kier molecular flexibility index (Phi) is 2.84. The Morgan fingerprint density at radius 1 is 1.38 bits per heavy atom. The molecule has 2 aliphatic rings. The van der Waals surface area contributed by atoms with Crippen LogP contribution in [0.25, 0.3) is 0 Å². The highest BCUT2D eigenvalue weighted by atomic mass is 79.9. The summed E-state index contributed by atoms with van der Waals surface area (Å²) >= 11 is 9.51. The monoisotopic (exact) mass is 300 g/mol. The average Bonchev–Trinajstić information content (AvgIpc) is 2.85. The van der Waals surface area contributed by atoms with E-state index in [4.69, 9.17) is 11.6 Å². The number of hydrogen-bond acceptors (Lipinski definition) is 2. The van der Waals surface area contributed by atoms with E-state index in [2.05, 4.69) is 26.2 Å². The summed E-state index contributed by atoms with van der Waals surface area (Å²) < 4.78 is 0.975. The van der Waals surface area contributed by atoms with Gasteiger partial charge in [0.2, 0.25) is 0 Å². The third kappa shape index (κ3) is 1.95. The summed E-state index contributed by atoms with van der Waals surface area (Å²) in [6.45, 7) is 0. The molecule has 0 radical (unpaired) electrons. The van der Waals surface area contributed by atoms with Gasteiger partial charge < -0.3 is 5.32 Å². The van der Waals surface area contributed by atoms with Gasteiger partial charge in [0.15, 0.2) is 5.15 Å². The molecule has 0 aliphatic heterocycles. The number of nitrogens with zero attached hydrogens (tertiary/aromatic N) is 1. The second-order valence-corrected chi connectivity index (χ2v) is 6.19. The summed E-state index contributed by atoms with van der Waals surface area (Å²) in [6, 6.07) is 2.62. The zero-order valence-electron chi connectivity index (χ0n) is 8.92. The number of halogens is 2. The van der Waals surface area contributed by atoms with Crippen LogP contribution in [-0.2, 0) is 0 Å². The van der Waals surface area contributed by atoms with Crippen LogP contribution in [0.5, 0.6) is 0 Å². The highest BCUT2D eigenvalue weighted by Crippen LogP contribution is 2.45. The molecule has 1 N–H and O–H groups in total. The minimum atomic E-state index is 0.575. The Hall–Kier alpha value is -0.280. The van der Waals surface area contributed by atoms with E-state index >= 15 is 0 Å². The normalized spacial score (nSPS) is 32.0. The van der Waals surface area contributed by atoms with Gasteiger partial charge in [-0.25, -0.2) is 4.98 Å². The molecule has 0 spiro atoms. The van der Waals surface area contributed by atoms with Crippen LogP contribution in [0.3, 0.4) is 0 Å². The van der Waals surface area contributed by atoms with Gasteiger partial charge in [-0.2, -0.15) is 0 Å². The van der Waals surface area contributed by atoms with Gasteiger partial charge in [0.05, 0.1) is 5.69 Å². The SMILES string of the molecule is Clc1ncc(Br)cc1NC1CC2CCC1C2. The molecule has 1 heterocycles. The van der Waals surface area contributed by atoms with Crippen LogP contribution < -0.4 is 5.32 Å². The van der Waals surface area contributed by atoms with E-state index in [9.17, 15) is 0 Å². The molecule has 1 aromatic heterocycles. The lowest BCUT2D eigenvalue weighted by Gasteiger charge is -2.24. The van der Waals surface area contributed by atoms with Gasteiger partial charge in [-0.15, -0.1) is 0 Å². The Bertz CT molecular complexity index is 410. The third-order valence-electron chi connectivity index (χ3n) is 3.88. The topological polar surface area (TPSA) is 24.9 Å². The Balaban J connectivity index is 1.76. The van der Waals surface area contributed by atoms with E-state index in [0.29, 0.717) is 11.2 Å². The number of rotatable bonds is 2. The minimum Gasteiger partial charge on any atom is -0.380 e. The van der Waals surface area contributed by atoms with Crippen molar-refractivity contribution in [1.29, 1.82) is 0 Å². The fourth-order valence-corrected chi connectivity index (χ4v) is 3.63. The summed E-state index contributed by atoms with van der Waals surface area (Å²) in [5.41, 5.74) is 0.966. The fourth-order valence-electron chi connectivity index (χ4n) is 3.15. The van der Waals surface area contributed by atoms with Crippen LogP contribution in [0.1, 0.15) is 25.7 Å². The van der Waals surface area contributed by atoms with Gasteiger partial charge in [-0.3, -0.25) is 0 Å². The van der Waals surface area contributed by atoms with Crippen molar-refractivity contribution in [3.05, 3.63) is 21.9 Å². The van der Waals surface area contributed by atoms with Crippen LogP contribution in [0, 0.1) is 11.8 Å². The zero-order chi connectivity index (χ0) is 11.1. The molecular formula is C12H14BrClN2. The smallest absolute Gasteiger partial charge is 0.152 e. The molecule has 2 aliphatic carbocycles. The molecule has 0 saturated heterocycles. The molecule has 2 fully saturated rings. The summed E-state index contributed by atoms with van der Waals surface area (Å²) in [7, 11) is 0. The predicted octanol–water partition coefficient (Wildman–Crippen LogP) is 4.10. The maximum absolute atomic E-state index is 6.08. The molecule has 0 amide bonds. The summed E-state index contributed by atoms with van der Waals surface area (Å²) in [4.78, 5) is 4.14. The van der Waals surface area contributed by atoms with Gasteiger partial charge in [-0.05, 0) is 53.1 Å². The van der Waals surface area contributed by atoms with E-state index in [1.807, 2.05) is 6.07 Å². The Morgan fingerprint density at radius 2 is 2.25 bits per heavy atom. The first kappa shape index (κ1) is 10.8. The Morgan fingerprint density at radius 3 is 2.94 bits per heavy atom. The van der Waals surface area contributed by atoms with E-state index < -0.39 is 0 Å². The first-order valence-electron chi connectivity index (χ1n) is 5.80. The maximum Gasteiger partial charge on any atom is 0.152 e. The summed E-state index contributed by atoms with van der Waals surface area (Å²) in [6.07, 6.45) is 7.23. The molecule has 0 aromatic carbocycles. The number of fused-ring (bicyclic) bond motifs is 2. The van der Waals surface area contributed by atoms with Crippen molar-refractivity contribution in [2.75, 3.05) is 5.32 Å². The molecule has 2 saturated carbocycles. The van der Waals surface area contributed by atoms with Crippen molar-refractivity contribution in [2.45, 2.75) is 31.7 Å². The van der Waals surface area contributed by atoms with Crippen molar-refractivity contribution in [1.82, 2.24) is 4.98 Å². The molecule has 3 unspecified atom stereocenters. The second kappa shape index (κ2) is 4.19. The van der Waals surface area contributed by atoms with Crippen molar-refractivity contribution in [3.63, 3.8) is 0 Å². The predicted molar refractivity (Wildman–Crippen MR) is 69.8 cm³/mol. The highest BCUT2D eigenvalue weighted by Gasteiger charge is 2.39. The third-order valence-corrected chi connectivity index (χ3v) is 4.62. The maximum atomic E-state index is 6.08. The summed E-state index contributed by atoms with van der Waals surface area (Å²) in [5, 5.41) is 4.13. The lowest BCUT2D eigenvalue weighted by Crippen LogP contribution is -2.26. The highest BCUT2D eigenvalue weighted by molar-refractivity contribution is 9.10. The summed E-state index contributed by atoms with van der Waals surface area (Å²) in [5.74, 6) is 1.79. The number of aromatic nitrogens is 1. The van der Waals surface area contributed by atoms with Gasteiger partial charge in [-0.1, -0.05) is 18.0 Å². The van der Waals surface area contributed by atoms with Gasteiger partial charge >= 0.3 is 0 Å². The van der Waals surface area contributed by atoms with Gasteiger partial charge in [0, 0.05) is 16.7 Å². The van der Waals surface area contributed by atoms with Crippen LogP contribution in [0.4, 0.5) is 5.69 Å². The molecule has 4 heteroatoms. The number of pyridine rings is 1. The first-order valence-corrected chi connectivity index (χ1v) is 6.97. The van der Waals surface area contributed by atoms with Crippen molar-refractivity contribution in [2.24, 2.45) is 11.8 Å². The molecular weight excluding hydrogens is 288 g/mol. The number of anilines is 1. The number of nitrogens with one attached hydrogen (secondary N) is 1. The van der Waals surface area contributed by atoms with Crippen LogP contribution in [0.2, 0.25) is 5.15 Å². The molecule has 2 nitrogen and oxygen atoms in total. The average molecular weight is 302 g/mol. The van der Waals surface area contributed by atoms with Crippen LogP contribution in [-0.4, -0.2) is 11.0 Å². The first-order chi connectivity index (χ1) is 7.72. The molecule has 2 bridgehead atoms. The molecule has 16 heavy (non-hydrogen) atoms. The molecule has 3 rings (SSSR count). The van der Waals surface area contributed by atoms with Crippen molar-refractivity contribution < 1.29 is 0 Å². The van der Waals surface area contributed by atoms with Crippen molar-refractivity contribution >= 4 is 33.2 Å². The largest absolute Gasteiger partial charge is 0.380 e. The van der Waals surface area contributed by atoms with Gasteiger partial charge in [0.25, 0.3) is 0 Å². The van der Waals surface area contributed by atoms with Crippen molar-refractivity contribution in [3.8, 4) is 0 Å². The lowest BCUT2D eigenvalue weighted by atomic mass is 9.95. The van der Waals surface area contributed by atoms with Crippen LogP contribution in [0.15, 0.2) is 16.7 Å². The molecule has 3 atom stereocenters. The van der Waals surface area contributed by atoms with E-state index in [-0.39, 0.29) is 0 Å². The molecule has 1 aromatic rings. The van der Waals surface area contributed by atoms with Crippen LogP contribution >= 0.6 is 27.5 Å². The fraction of sp³-hybridized carbons (Fsp3) is 0.583. The quantitative estimate of drug-likeness (QED) is 0.832.